The van der Waals surface area contributed by atoms with Crippen molar-refractivity contribution in [2.45, 2.75) is 51.8 Å². The van der Waals surface area contributed by atoms with Crippen LogP contribution < -0.4 is 5.73 Å². The molecule has 1 unspecified atom stereocenters. The summed E-state index contributed by atoms with van der Waals surface area (Å²) in [7, 11) is 0.384. The molecule has 0 spiro atoms. The molecule has 1 aliphatic heterocycles. The van der Waals surface area contributed by atoms with Gasteiger partial charge in [0.1, 0.15) is 0 Å². The molecule has 7 heteroatoms. The van der Waals surface area contributed by atoms with Crippen LogP contribution in [-0.4, -0.2) is 59.8 Å². The standard InChI is InChI=1S/C12H21NO2.C2H7BO2.CH5N/c14-12(15)11-6-2-1-5-10(11)9-13-7-3-4-8-13;1-2-3(4)5;1-2/h10-11H,1-9H2,(H,14,15);4-5H,2H2,1H3;2H2,1H3/t10?,11-;;/m0../s1. The van der Waals surface area contributed by atoms with E-state index >= 15 is 0 Å². The number of likely N-dealkylation sites (tertiary alicyclic amines) is 1. The molecule has 0 aromatic carbocycles. The van der Waals surface area contributed by atoms with E-state index in [-0.39, 0.29) is 5.92 Å². The summed E-state index contributed by atoms with van der Waals surface area (Å²) in [6, 6.07) is 0. The molecule has 1 saturated carbocycles. The van der Waals surface area contributed by atoms with Gasteiger partial charge in [-0.2, -0.15) is 0 Å². The third-order valence-electron chi connectivity index (χ3n) is 4.28. The van der Waals surface area contributed by atoms with E-state index in [1.54, 1.807) is 6.92 Å². The van der Waals surface area contributed by atoms with Crippen molar-refractivity contribution < 1.29 is 19.9 Å². The van der Waals surface area contributed by atoms with E-state index in [9.17, 15) is 4.79 Å². The first kappa shape index (κ1) is 21.4. The molecular formula is C15H33BN2O4. The molecule has 0 amide bonds. The number of carbonyl (C=O) groups is 1. The second-order valence-corrected chi connectivity index (χ2v) is 5.89. The molecule has 2 aliphatic rings. The number of hydrogen-bond acceptors (Lipinski definition) is 5. The molecule has 0 aromatic heterocycles. The highest BCUT2D eigenvalue weighted by Crippen LogP contribution is 2.31. The lowest BCUT2D eigenvalue weighted by Gasteiger charge is -2.31. The Hall–Kier alpha value is -0.625. The predicted octanol–water partition coefficient (Wildman–Crippen LogP) is 1.03. The number of carboxylic acid groups (broad SMARTS) is 1. The van der Waals surface area contributed by atoms with Crippen LogP contribution in [0.1, 0.15) is 45.4 Å². The quantitative estimate of drug-likeness (QED) is 0.577. The number of carboxylic acids is 1. The van der Waals surface area contributed by atoms with Crippen LogP contribution in [0.25, 0.3) is 0 Å². The molecule has 1 aliphatic carbocycles. The lowest BCUT2D eigenvalue weighted by atomic mass is 9.79. The van der Waals surface area contributed by atoms with Crippen LogP contribution in [0.3, 0.4) is 0 Å². The molecular weight excluding hydrogens is 283 g/mol. The van der Waals surface area contributed by atoms with Crippen molar-refractivity contribution >= 4 is 13.1 Å². The predicted molar refractivity (Wildman–Crippen MR) is 89.5 cm³/mol. The maximum absolute atomic E-state index is 11.1. The van der Waals surface area contributed by atoms with Gasteiger partial charge in [-0.3, -0.25) is 4.79 Å². The van der Waals surface area contributed by atoms with Crippen LogP contribution in [0.15, 0.2) is 0 Å². The Morgan fingerprint density at radius 3 is 2.09 bits per heavy atom. The first-order valence-electron chi connectivity index (χ1n) is 8.43. The maximum atomic E-state index is 11.1. The van der Waals surface area contributed by atoms with Gasteiger partial charge in [0.25, 0.3) is 0 Å². The molecule has 22 heavy (non-hydrogen) atoms. The number of nitrogens with two attached hydrogens (primary N) is 1. The van der Waals surface area contributed by atoms with Gasteiger partial charge in [0.15, 0.2) is 0 Å². The highest BCUT2D eigenvalue weighted by molar-refractivity contribution is 6.40. The summed E-state index contributed by atoms with van der Waals surface area (Å²) < 4.78 is 0. The SMILES string of the molecule is CCB(O)O.CN.O=C(O)[C@H]1CCCCC1CN1CCCC1. The van der Waals surface area contributed by atoms with Crippen molar-refractivity contribution in [2.75, 3.05) is 26.7 Å². The summed E-state index contributed by atoms with van der Waals surface area (Å²) in [5, 5.41) is 25.0. The van der Waals surface area contributed by atoms with E-state index < -0.39 is 13.1 Å². The summed E-state index contributed by atoms with van der Waals surface area (Å²) in [5.74, 6) is -0.229. The average Bonchev–Trinajstić information content (AvgIpc) is 3.03. The second-order valence-electron chi connectivity index (χ2n) is 5.89. The molecule has 5 N–H and O–H groups in total. The summed E-state index contributed by atoms with van der Waals surface area (Å²) in [6.45, 7) is 5.09. The first-order chi connectivity index (χ1) is 10.5. The van der Waals surface area contributed by atoms with Crippen LogP contribution in [0.2, 0.25) is 6.32 Å². The lowest BCUT2D eigenvalue weighted by Crippen LogP contribution is -2.36. The van der Waals surface area contributed by atoms with Crippen molar-refractivity contribution in [3.63, 3.8) is 0 Å². The van der Waals surface area contributed by atoms with Crippen molar-refractivity contribution in [1.29, 1.82) is 0 Å². The number of rotatable bonds is 4. The molecule has 0 radical (unpaired) electrons. The van der Waals surface area contributed by atoms with Crippen molar-refractivity contribution in [3.05, 3.63) is 0 Å². The Kier molecular flexibility index (Phi) is 12.5. The molecule has 0 bridgehead atoms. The van der Waals surface area contributed by atoms with Gasteiger partial charge in [-0.15, -0.1) is 0 Å². The Bertz CT molecular complexity index is 287. The molecule has 6 nitrogen and oxygen atoms in total. The van der Waals surface area contributed by atoms with Gasteiger partial charge in [-0.1, -0.05) is 19.8 Å². The van der Waals surface area contributed by atoms with E-state index in [0.29, 0.717) is 12.2 Å². The van der Waals surface area contributed by atoms with Crippen LogP contribution in [-0.2, 0) is 4.79 Å². The summed E-state index contributed by atoms with van der Waals surface area (Å²) in [6.07, 6.45) is 7.35. The van der Waals surface area contributed by atoms with Crippen LogP contribution in [0.4, 0.5) is 0 Å². The fourth-order valence-corrected chi connectivity index (χ4v) is 3.05. The lowest BCUT2D eigenvalue weighted by molar-refractivity contribution is -0.145. The van der Waals surface area contributed by atoms with Gasteiger partial charge < -0.3 is 25.8 Å². The monoisotopic (exact) mass is 316 g/mol. The number of aliphatic carboxylic acids is 1. The van der Waals surface area contributed by atoms with Gasteiger partial charge in [-0.05, 0) is 58.1 Å². The number of nitrogens with zero attached hydrogens (tertiary/aromatic N) is 1. The molecule has 2 fully saturated rings. The fourth-order valence-electron chi connectivity index (χ4n) is 3.05. The normalized spacial score (nSPS) is 24.6. The zero-order valence-electron chi connectivity index (χ0n) is 14.1. The van der Waals surface area contributed by atoms with Crippen LogP contribution in [0.5, 0.6) is 0 Å². The molecule has 1 heterocycles. The minimum absolute atomic E-state index is 0.0700. The van der Waals surface area contributed by atoms with Gasteiger partial charge in [-0.25, -0.2) is 0 Å². The van der Waals surface area contributed by atoms with E-state index in [1.165, 1.54) is 39.4 Å². The minimum atomic E-state index is -1.12. The highest BCUT2D eigenvalue weighted by Gasteiger charge is 2.32. The van der Waals surface area contributed by atoms with Gasteiger partial charge in [0.2, 0.25) is 0 Å². The number of hydrogen-bond donors (Lipinski definition) is 4. The largest absolute Gasteiger partial charge is 0.481 e. The topological polar surface area (TPSA) is 107 Å². The maximum Gasteiger partial charge on any atom is 0.451 e. The summed E-state index contributed by atoms with van der Waals surface area (Å²) in [4.78, 5) is 13.6. The third kappa shape index (κ3) is 8.73. The third-order valence-corrected chi connectivity index (χ3v) is 4.28. The Balaban J connectivity index is 0.000000540. The first-order valence-corrected chi connectivity index (χ1v) is 8.43. The summed E-state index contributed by atoms with van der Waals surface area (Å²) >= 11 is 0. The zero-order valence-corrected chi connectivity index (χ0v) is 14.1. The van der Waals surface area contributed by atoms with E-state index in [2.05, 4.69) is 10.6 Å². The molecule has 130 valence electrons. The molecule has 2 rings (SSSR count). The van der Waals surface area contributed by atoms with Crippen molar-refractivity contribution in [3.8, 4) is 0 Å². The molecule has 2 atom stereocenters. The molecule has 1 saturated heterocycles. The van der Waals surface area contributed by atoms with Crippen molar-refractivity contribution in [1.82, 2.24) is 4.90 Å². The van der Waals surface area contributed by atoms with Gasteiger partial charge >= 0.3 is 13.1 Å². The Morgan fingerprint density at radius 1 is 1.14 bits per heavy atom. The highest BCUT2D eigenvalue weighted by atomic mass is 16.4. The minimum Gasteiger partial charge on any atom is -0.481 e. The van der Waals surface area contributed by atoms with Gasteiger partial charge in [0.05, 0.1) is 5.92 Å². The second kappa shape index (κ2) is 12.9. The van der Waals surface area contributed by atoms with Crippen molar-refractivity contribution in [2.24, 2.45) is 17.6 Å². The summed E-state index contributed by atoms with van der Waals surface area (Å²) in [5.41, 5.74) is 4.50. The van der Waals surface area contributed by atoms with E-state index in [1.807, 2.05) is 0 Å². The average molecular weight is 316 g/mol. The van der Waals surface area contributed by atoms with Crippen LogP contribution >= 0.6 is 0 Å². The van der Waals surface area contributed by atoms with E-state index in [0.717, 1.165) is 25.8 Å². The Labute approximate surface area is 134 Å². The molecule has 0 aromatic rings. The smallest absolute Gasteiger partial charge is 0.451 e. The van der Waals surface area contributed by atoms with E-state index in [4.69, 9.17) is 15.2 Å². The Morgan fingerprint density at radius 2 is 1.64 bits per heavy atom. The fraction of sp³-hybridized carbons (Fsp3) is 0.933. The van der Waals surface area contributed by atoms with Crippen LogP contribution in [0, 0.1) is 11.8 Å². The van der Waals surface area contributed by atoms with Gasteiger partial charge in [0, 0.05) is 6.54 Å². The zero-order chi connectivity index (χ0) is 17.0.